The van der Waals surface area contributed by atoms with Crippen LogP contribution in [0, 0.1) is 0 Å². The van der Waals surface area contributed by atoms with Crippen LogP contribution in [0.1, 0.15) is 6.92 Å². The molecule has 0 aromatic heterocycles. The van der Waals surface area contributed by atoms with Crippen molar-refractivity contribution in [3.63, 3.8) is 0 Å². The third kappa shape index (κ3) is 4.65. The quantitative estimate of drug-likeness (QED) is 0.745. The minimum absolute atomic E-state index is 0.00740. The fourth-order valence-electron chi connectivity index (χ4n) is 2.82. The second kappa shape index (κ2) is 8.75. The van der Waals surface area contributed by atoms with Crippen molar-refractivity contribution in [3.05, 3.63) is 42.5 Å². The standard InChI is InChI=1S/C19H21N3O5S2/c1-4-22-16-7-5-6-8-17(16)29(24,25)21-19(22)28-12-18(23)20-13-9-14(26-2)11-15(10-13)27-3/h5-11H,4,12H2,1-3H3,(H,20,23). The number of hydrogen-bond acceptors (Lipinski definition) is 7. The largest absolute Gasteiger partial charge is 0.497 e. The lowest BCUT2D eigenvalue weighted by molar-refractivity contribution is -0.113. The highest BCUT2D eigenvalue weighted by atomic mass is 32.2. The highest BCUT2D eigenvalue weighted by Crippen LogP contribution is 2.34. The first-order chi connectivity index (χ1) is 13.9. The van der Waals surface area contributed by atoms with E-state index in [-0.39, 0.29) is 21.7 Å². The number of amidine groups is 1. The summed E-state index contributed by atoms with van der Waals surface area (Å²) in [5.74, 6) is 0.778. The van der Waals surface area contributed by atoms with Gasteiger partial charge in [-0.2, -0.15) is 8.42 Å². The molecule has 0 saturated carbocycles. The summed E-state index contributed by atoms with van der Waals surface area (Å²) in [6.07, 6.45) is 0. The maximum Gasteiger partial charge on any atom is 0.286 e. The van der Waals surface area contributed by atoms with E-state index in [0.717, 1.165) is 11.8 Å². The Morgan fingerprint density at radius 2 is 1.79 bits per heavy atom. The van der Waals surface area contributed by atoms with Crippen molar-refractivity contribution in [1.82, 2.24) is 0 Å². The number of thioether (sulfide) groups is 1. The molecule has 154 valence electrons. The van der Waals surface area contributed by atoms with Gasteiger partial charge in [0.1, 0.15) is 16.4 Å². The number of anilines is 2. The van der Waals surface area contributed by atoms with Crippen molar-refractivity contribution >= 4 is 44.2 Å². The second-order valence-electron chi connectivity index (χ2n) is 6.00. The first kappa shape index (κ1) is 21.0. The number of carbonyl (C=O) groups is 1. The van der Waals surface area contributed by atoms with Crippen LogP contribution >= 0.6 is 11.8 Å². The van der Waals surface area contributed by atoms with Crippen molar-refractivity contribution in [2.75, 3.05) is 36.7 Å². The Balaban J connectivity index is 1.74. The van der Waals surface area contributed by atoms with E-state index in [1.807, 2.05) is 6.92 Å². The van der Waals surface area contributed by atoms with Crippen molar-refractivity contribution in [3.8, 4) is 11.5 Å². The Hall–Kier alpha value is -2.72. The molecule has 10 heteroatoms. The number of nitrogens with one attached hydrogen (secondary N) is 1. The molecule has 3 rings (SSSR count). The van der Waals surface area contributed by atoms with Crippen LogP contribution in [0.15, 0.2) is 51.8 Å². The van der Waals surface area contributed by atoms with Gasteiger partial charge in [0.2, 0.25) is 5.91 Å². The Bertz CT molecular complexity index is 1030. The monoisotopic (exact) mass is 435 g/mol. The second-order valence-corrected chi connectivity index (χ2v) is 8.51. The van der Waals surface area contributed by atoms with E-state index in [0.29, 0.717) is 29.4 Å². The van der Waals surface area contributed by atoms with Crippen LogP contribution in [0.3, 0.4) is 0 Å². The maximum atomic E-state index is 12.5. The molecule has 1 heterocycles. The van der Waals surface area contributed by atoms with Crippen LogP contribution in [0.2, 0.25) is 0 Å². The molecule has 1 amide bonds. The summed E-state index contributed by atoms with van der Waals surface area (Å²) in [4.78, 5) is 14.4. The molecule has 2 aromatic carbocycles. The van der Waals surface area contributed by atoms with Crippen LogP contribution in [0.5, 0.6) is 11.5 Å². The number of hydrogen-bond donors (Lipinski definition) is 1. The first-order valence-electron chi connectivity index (χ1n) is 8.75. The number of fused-ring (bicyclic) bond motifs is 1. The van der Waals surface area contributed by atoms with Gasteiger partial charge in [-0.25, -0.2) is 0 Å². The highest BCUT2D eigenvalue weighted by Gasteiger charge is 2.30. The van der Waals surface area contributed by atoms with Gasteiger partial charge in [-0.3, -0.25) is 4.79 Å². The lowest BCUT2D eigenvalue weighted by Crippen LogP contribution is -2.34. The maximum absolute atomic E-state index is 12.5. The SMILES string of the molecule is CCN1C(SCC(=O)Nc2cc(OC)cc(OC)c2)=NS(=O)(=O)c2ccccc21. The van der Waals surface area contributed by atoms with E-state index in [4.69, 9.17) is 9.47 Å². The summed E-state index contributed by atoms with van der Waals surface area (Å²) in [5.41, 5.74) is 1.08. The topological polar surface area (TPSA) is 97.3 Å². The fraction of sp³-hybridized carbons (Fsp3) is 0.263. The van der Waals surface area contributed by atoms with Gasteiger partial charge in [0, 0.05) is 30.4 Å². The zero-order valence-electron chi connectivity index (χ0n) is 16.2. The van der Waals surface area contributed by atoms with Gasteiger partial charge in [-0.05, 0) is 19.1 Å². The number of methoxy groups -OCH3 is 2. The Kier molecular flexibility index (Phi) is 6.33. The number of benzene rings is 2. The molecule has 0 spiro atoms. The predicted molar refractivity (Wildman–Crippen MR) is 115 cm³/mol. The fourth-order valence-corrected chi connectivity index (χ4v) is 5.14. The first-order valence-corrected chi connectivity index (χ1v) is 11.2. The van der Waals surface area contributed by atoms with Gasteiger partial charge in [-0.15, -0.1) is 4.40 Å². The molecule has 1 aliphatic heterocycles. The van der Waals surface area contributed by atoms with Crippen molar-refractivity contribution in [1.29, 1.82) is 0 Å². The smallest absolute Gasteiger partial charge is 0.286 e. The van der Waals surface area contributed by atoms with E-state index in [1.165, 1.54) is 20.3 Å². The van der Waals surface area contributed by atoms with Gasteiger partial charge in [0.05, 0.1) is 25.7 Å². The molecular formula is C19H21N3O5S2. The number of ether oxygens (including phenoxy) is 2. The number of nitrogens with zero attached hydrogens (tertiary/aromatic N) is 2. The van der Waals surface area contributed by atoms with Gasteiger partial charge >= 0.3 is 0 Å². The Labute approximate surface area is 174 Å². The third-order valence-electron chi connectivity index (χ3n) is 4.15. The minimum atomic E-state index is -3.80. The van der Waals surface area contributed by atoms with E-state index in [1.54, 1.807) is 41.3 Å². The summed E-state index contributed by atoms with van der Waals surface area (Å²) in [7, 11) is -0.753. The molecule has 1 aliphatic rings. The van der Waals surface area contributed by atoms with Gasteiger partial charge < -0.3 is 19.7 Å². The van der Waals surface area contributed by atoms with Crippen LogP contribution in [-0.2, 0) is 14.8 Å². The van der Waals surface area contributed by atoms with Gasteiger partial charge in [-0.1, -0.05) is 23.9 Å². The molecule has 2 aromatic rings. The summed E-state index contributed by atoms with van der Waals surface area (Å²) < 4.78 is 39.2. The Morgan fingerprint density at radius 3 is 2.41 bits per heavy atom. The van der Waals surface area contributed by atoms with E-state index in [9.17, 15) is 13.2 Å². The zero-order chi connectivity index (χ0) is 21.0. The molecule has 0 aliphatic carbocycles. The Morgan fingerprint density at radius 1 is 1.14 bits per heavy atom. The van der Waals surface area contributed by atoms with Gasteiger partial charge in [0.15, 0.2) is 5.17 Å². The zero-order valence-corrected chi connectivity index (χ0v) is 17.8. The molecule has 0 fully saturated rings. The molecule has 0 unspecified atom stereocenters. The molecule has 0 saturated heterocycles. The summed E-state index contributed by atoms with van der Waals surface area (Å²) >= 11 is 1.07. The molecule has 0 atom stereocenters. The lowest BCUT2D eigenvalue weighted by atomic mass is 10.2. The molecule has 0 bridgehead atoms. The summed E-state index contributed by atoms with van der Waals surface area (Å²) in [6.45, 7) is 2.42. The molecule has 29 heavy (non-hydrogen) atoms. The average molecular weight is 436 g/mol. The summed E-state index contributed by atoms with van der Waals surface area (Å²) in [5, 5.41) is 3.03. The molecule has 1 N–H and O–H groups in total. The van der Waals surface area contributed by atoms with Gasteiger partial charge in [0.25, 0.3) is 10.0 Å². The minimum Gasteiger partial charge on any atom is -0.497 e. The van der Waals surface area contributed by atoms with Crippen molar-refractivity contribution < 1.29 is 22.7 Å². The van der Waals surface area contributed by atoms with Crippen molar-refractivity contribution in [2.45, 2.75) is 11.8 Å². The molecular weight excluding hydrogens is 414 g/mol. The molecule has 0 radical (unpaired) electrons. The number of rotatable bonds is 6. The average Bonchev–Trinajstić information content (AvgIpc) is 2.71. The number of sulfonamides is 1. The van der Waals surface area contributed by atoms with Crippen LogP contribution < -0.4 is 19.7 Å². The van der Waals surface area contributed by atoms with E-state index < -0.39 is 10.0 Å². The predicted octanol–water partition coefficient (Wildman–Crippen LogP) is 2.96. The number of carbonyl (C=O) groups excluding carboxylic acids is 1. The normalized spacial score (nSPS) is 14.6. The van der Waals surface area contributed by atoms with Crippen LogP contribution in [0.25, 0.3) is 0 Å². The highest BCUT2D eigenvalue weighted by molar-refractivity contribution is 8.15. The van der Waals surface area contributed by atoms with Crippen LogP contribution in [0.4, 0.5) is 11.4 Å². The molecule has 8 nitrogen and oxygen atoms in total. The lowest BCUT2D eigenvalue weighted by Gasteiger charge is -2.29. The number of amides is 1. The number of para-hydroxylation sites is 1. The van der Waals surface area contributed by atoms with E-state index >= 15 is 0 Å². The third-order valence-corrected chi connectivity index (χ3v) is 6.55. The van der Waals surface area contributed by atoms with E-state index in [2.05, 4.69) is 9.71 Å². The van der Waals surface area contributed by atoms with Crippen LogP contribution in [-0.4, -0.2) is 46.0 Å². The summed E-state index contributed by atoms with van der Waals surface area (Å²) in [6, 6.07) is 11.7. The van der Waals surface area contributed by atoms with Crippen molar-refractivity contribution in [2.24, 2.45) is 4.40 Å².